The first kappa shape index (κ1) is 16.4. The lowest BCUT2D eigenvalue weighted by atomic mass is 9.92. The van der Waals surface area contributed by atoms with Crippen LogP contribution in [0.15, 0.2) is 12.1 Å². The summed E-state index contributed by atoms with van der Waals surface area (Å²) in [4.78, 5) is 0. The topological polar surface area (TPSA) is 0 Å². The van der Waals surface area contributed by atoms with Crippen molar-refractivity contribution in [2.24, 2.45) is 11.8 Å². The van der Waals surface area contributed by atoms with Crippen LogP contribution in [-0.4, -0.2) is 0 Å². The van der Waals surface area contributed by atoms with E-state index in [1.807, 2.05) is 0 Å². The summed E-state index contributed by atoms with van der Waals surface area (Å²) in [7, 11) is 0. The summed E-state index contributed by atoms with van der Waals surface area (Å²) in [6, 6.07) is 2.93. The maximum atomic E-state index is 14.4. The number of benzene rings is 1. The summed E-state index contributed by atoms with van der Waals surface area (Å²) >= 11 is 0. The van der Waals surface area contributed by atoms with E-state index >= 15 is 0 Å². The number of hydrogen-bond acceptors (Lipinski definition) is 0. The van der Waals surface area contributed by atoms with Gasteiger partial charge in [-0.1, -0.05) is 45.6 Å². The van der Waals surface area contributed by atoms with Crippen molar-refractivity contribution in [3.8, 4) is 0 Å². The maximum Gasteiger partial charge on any atom is 0.279 e. The van der Waals surface area contributed by atoms with E-state index in [9.17, 15) is 13.2 Å². The zero-order chi connectivity index (χ0) is 15.6. The monoisotopic (exact) mass is 298 g/mol. The second-order valence-corrected chi connectivity index (χ2v) is 6.63. The fourth-order valence-electron chi connectivity index (χ4n) is 3.58. The minimum Gasteiger partial charge on any atom is -0.206 e. The molecular weight excluding hydrogens is 273 g/mol. The largest absolute Gasteiger partial charge is 0.279 e. The second-order valence-electron chi connectivity index (χ2n) is 6.63. The first-order chi connectivity index (χ1) is 9.86. The lowest BCUT2D eigenvalue weighted by Crippen LogP contribution is -2.22. The highest BCUT2D eigenvalue weighted by molar-refractivity contribution is 5.40. The number of hydrogen-bond donors (Lipinski definition) is 0. The summed E-state index contributed by atoms with van der Waals surface area (Å²) < 4.78 is 42.7. The number of fused-ring (bicyclic) bond motifs is 1. The van der Waals surface area contributed by atoms with Crippen LogP contribution in [0.5, 0.6) is 0 Å². The lowest BCUT2D eigenvalue weighted by Gasteiger charge is -2.21. The van der Waals surface area contributed by atoms with Crippen molar-refractivity contribution >= 4 is 0 Å². The van der Waals surface area contributed by atoms with Crippen LogP contribution in [0.4, 0.5) is 13.2 Å². The van der Waals surface area contributed by atoms with Gasteiger partial charge < -0.3 is 0 Å². The van der Waals surface area contributed by atoms with Gasteiger partial charge in [0.25, 0.3) is 5.92 Å². The summed E-state index contributed by atoms with van der Waals surface area (Å²) in [5.41, 5.74) is 0.878. The molecule has 0 saturated heterocycles. The predicted molar refractivity (Wildman–Crippen MR) is 80.1 cm³/mol. The fourth-order valence-corrected chi connectivity index (χ4v) is 3.58. The van der Waals surface area contributed by atoms with Crippen LogP contribution in [0.1, 0.15) is 62.6 Å². The van der Waals surface area contributed by atoms with Crippen molar-refractivity contribution < 1.29 is 13.2 Å². The molecule has 1 aromatic rings. The lowest BCUT2D eigenvalue weighted by molar-refractivity contribution is -0.0585. The number of halogens is 3. The van der Waals surface area contributed by atoms with Gasteiger partial charge in [0.2, 0.25) is 0 Å². The van der Waals surface area contributed by atoms with Crippen LogP contribution < -0.4 is 0 Å². The normalized spacial score (nSPS) is 21.3. The number of rotatable bonds is 6. The van der Waals surface area contributed by atoms with Gasteiger partial charge in [-0.05, 0) is 42.9 Å². The minimum atomic E-state index is -3.01. The Kier molecular flexibility index (Phi) is 5.00. The Hall–Kier alpha value is -0.990. The van der Waals surface area contributed by atoms with Gasteiger partial charge in [0, 0.05) is 5.92 Å². The first-order valence-electron chi connectivity index (χ1n) is 8.03. The molecule has 21 heavy (non-hydrogen) atoms. The summed E-state index contributed by atoms with van der Waals surface area (Å²) in [6.07, 6.45) is 4.86. The SMILES string of the molecule is CCCC(C)CCCC1Cc2cc(C)cc(F)c2C1(F)F. The van der Waals surface area contributed by atoms with Crippen LogP contribution in [0.2, 0.25) is 0 Å². The van der Waals surface area contributed by atoms with Gasteiger partial charge in [-0.25, -0.2) is 13.2 Å². The average molecular weight is 298 g/mol. The molecule has 0 heterocycles. The first-order valence-corrected chi connectivity index (χ1v) is 8.03. The third kappa shape index (κ3) is 3.44. The van der Waals surface area contributed by atoms with Crippen molar-refractivity contribution in [2.45, 2.75) is 65.2 Å². The molecule has 0 radical (unpaired) electrons. The second kappa shape index (κ2) is 6.41. The zero-order valence-electron chi connectivity index (χ0n) is 13.2. The molecule has 0 aliphatic heterocycles. The molecule has 1 aromatic carbocycles. The molecule has 0 nitrogen and oxygen atoms in total. The number of aryl methyl sites for hydroxylation is 1. The molecule has 3 heteroatoms. The predicted octanol–water partition coefficient (Wildman–Crippen LogP) is 6.00. The van der Waals surface area contributed by atoms with Gasteiger partial charge in [0.1, 0.15) is 5.82 Å². The smallest absolute Gasteiger partial charge is 0.206 e. The van der Waals surface area contributed by atoms with Crippen LogP contribution in [-0.2, 0) is 12.3 Å². The van der Waals surface area contributed by atoms with Gasteiger partial charge in [0.05, 0.1) is 5.56 Å². The van der Waals surface area contributed by atoms with Crippen molar-refractivity contribution in [1.82, 2.24) is 0 Å². The third-order valence-electron chi connectivity index (χ3n) is 4.66. The van der Waals surface area contributed by atoms with Gasteiger partial charge in [0.15, 0.2) is 0 Å². The van der Waals surface area contributed by atoms with E-state index in [-0.39, 0.29) is 5.56 Å². The Labute approximate surface area is 125 Å². The highest BCUT2D eigenvalue weighted by atomic mass is 19.3. The summed E-state index contributed by atoms with van der Waals surface area (Å²) in [5, 5.41) is 0. The average Bonchev–Trinajstić information content (AvgIpc) is 2.60. The molecule has 1 aliphatic carbocycles. The Bertz CT molecular complexity index is 493. The molecule has 2 atom stereocenters. The molecule has 0 amide bonds. The standard InChI is InChI=1S/C18H25F3/c1-4-6-12(2)7-5-8-15-11-14-9-13(3)10-16(19)17(14)18(15,20)21/h9-10,12,15H,4-8,11H2,1-3H3. The molecule has 118 valence electrons. The molecule has 0 aromatic heterocycles. The van der Waals surface area contributed by atoms with Gasteiger partial charge in [-0.2, -0.15) is 0 Å². The highest BCUT2D eigenvalue weighted by Crippen LogP contribution is 2.49. The molecule has 2 rings (SSSR count). The molecule has 0 N–H and O–H groups in total. The quantitative estimate of drug-likeness (QED) is 0.603. The molecule has 0 saturated carbocycles. The van der Waals surface area contributed by atoms with E-state index in [0.29, 0.717) is 24.3 Å². The van der Waals surface area contributed by atoms with Crippen molar-refractivity contribution in [2.75, 3.05) is 0 Å². The minimum absolute atomic E-state index is 0.309. The van der Waals surface area contributed by atoms with Crippen molar-refractivity contribution in [1.29, 1.82) is 0 Å². The van der Waals surface area contributed by atoms with Crippen molar-refractivity contribution in [3.63, 3.8) is 0 Å². The zero-order valence-corrected chi connectivity index (χ0v) is 13.2. The molecule has 1 aliphatic rings. The Morgan fingerprint density at radius 2 is 2.00 bits per heavy atom. The third-order valence-corrected chi connectivity index (χ3v) is 4.66. The van der Waals surface area contributed by atoms with E-state index in [1.165, 1.54) is 6.07 Å². The maximum absolute atomic E-state index is 14.4. The highest BCUT2D eigenvalue weighted by Gasteiger charge is 2.49. The van der Waals surface area contributed by atoms with E-state index in [1.54, 1.807) is 13.0 Å². The van der Waals surface area contributed by atoms with E-state index in [4.69, 9.17) is 0 Å². The Balaban J connectivity index is 2.03. The molecule has 0 fully saturated rings. The van der Waals surface area contributed by atoms with Gasteiger partial charge in [-0.15, -0.1) is 0 Å². The molecule has 2 unspecified atom stereocenters. The van der Waals surface area contributed by atoms with Crippen molar-refractivity contribution in [3.05, 3.63) is 34.6 Å². The van der Waals surface area contributed by atoms with E-state index < -0.39 is 17.7 Å². The number of alkyl halides is 2. The van der Waals surface area contributed by atoms with E-state index in [0.717, 1.165) is 31.2 Å². The molecular formula is C18H25F3. The fraction of sp³-hybridized carbons (Fsp3) is 0.667. The van der Waals surface area contributed by atoms with E-state index in [2.05, 4.69) is 13.8 Å². The van der Waals surface area contributed by atoms with Crippen LogP contribution in [0.3, 0.4) is 0 Å². The molecule has 0 spiro atoms. The Morgan fingerprint density at radius 1 is 1.29 bits per heavy atom. The van der Waals surface area contributed by atoms with Crippen LogP contribution >= 0.6 is 0 Å². The summed E-state index contributed by atoms with van der Waals surface area (Å²) in [6.45, 7) is 6.07. The van der Waals surface area contributed by atoms with Crippen LogP contribution in [0.25, 0.3) is 0 Å². The van der Waals surface area contributed by atoms with Gasteiger partial charge >= 0.3 is 0 Å². The summed E-state index contributed by atoms with van der Waals surface area (Å²) in [5.74, 6) is -3.90. The molecule has 0 bridgehead atoms. The Morgan fingerprint density at radius 3 is 2.67 bits per heavy atom. The van der Waals surface area contributed by atoms with Crippen LogP contribution in [0, 0.1) is 24.6 Å². The van der Waals surface area contributed by atoms with Gasteiger partial charge in [-0.3, -0.25) is 0 Å².